The average molecular weight is 303 g/mol. The molecule has 2 heterocycles. The van der Waals surface area contributed by atoms with Gasteiger partial charge in [0.15, 0.2) is 0 Å². The van der Waals surface area contributed by atoms with E-state index in [0.29, 0.717) is 22.7 Å². The molecule has 2 N–H and O–H groups in total. The van der Waals surface area contributed by atoms with Gasteiger partial charge in [0, 0.05) is 24.1 Å². The molecule has 5 nitrogen and oxygen atoms in total. The van der Waals surface area contributed by atoms with Gasteiger partial charge in [-0.3, -0.25) is 4.79 Å². The molecule has 1 amide bonds. The van der Waals surface area contributed by atoms with Crippen LogP contribution in [0.2, 0.25) is 0 Å². The van der Waals surface area contributed by atoms with Gasteiger partial charge in [-0.1, -0.05) is 11.8 Å². The van der Waals surface area contributed by atoms with E-state index >= 15 is 0 Å². The molecule has 2 aromatic heterocycles. The summed E-state index contributed by atoms with van der Waals surface area (Å²) in [6.45, 7) is 4.02. The molecule has 0 bridgehead atoms. The van der Waals surface area contributed by atoms with Crippen molar-refractivity contribution < 1.29 is 9.90 Å². The molecule has 2 aromatic rings. The minimum Gasteiger partial charge on any atom is -0.395 e. The van der Waals surface area contributed by atoms with Gasteiger partial charge in [-0.05, 0) is 25.3 Å². The van der Waals surface area contributed by atoms with Crippen LogP contribution in [0.15, 0.2) is 23.7 Å². The molecular formula is C15H17N3O2S. The second-order valence-corrected chi connectivity index (χ2v) is 5.56. The number of aromatic nitrogens is 2. The lowest BCUT2D eigenvalue weighted by atomic mass is 10.2. The second kappa shape index (κ2) is 7.07. The lowest BCUT2D eigenvalue weighted by molar-refractivity contribution is 0.102. The van der Waals surface area contributed by atoms with Crippen LogP contribution in [0.3, 0.4) is 0 Å². The number of hydrogen-bond acceptors (Lipinski definition) is 4. The van der Waals surface area contributed by atoms with Crippen LogP contribution in [-0.4, -0.2) is 27.4 Å². The SMILES string of the molecule is CC(C)n1nccc1NC(=O)c1sccc1C#CCCO. The zero-order chi connectivity index (χ0) is 15.2. The Morgan fingerprint density at radius 1 is 1.52 bits per heavy atom. The van der Waals surface area contributed by atoms with Crippen molar-refractivity contribution in [3.8, 4) is 11.8 Å². The third kappa shape index (κ3) is 3.72. The van der Waals surface area contributed by atoms with Crippen molar-refractivity contribution in [3.63, 3.8) is 0 Å². The van der Waals surface area contributed by atoms with Gasteiger partial charge in [0.2, 0.25) is 0 Å². The van der Waals surface area contributed by atoms with E-state index in [9.17, 15) is 4.79 Å². The van der Waals surface area contributed by atoms with Crippen molar-refractivity contribution in [2.45, 2.75) is 26.3 Å². The number of hydrogen-bond donors (Lipinski definition) is 2. The minimum absolute atomic E-state index is 0.0201. The number of aliphatic hydroxyl groups is 1. The quantitative estimate of drug-likeness (QED) is 0.853. The van der Waals surface area contributed by atoms with Crippen molar-refractivity contribution in [2.24, 2.45) is 0 Å². The topological polar surface area (TPSA) is 67.2 Å². The molecule has 0 fully saturated rings. The molecule has 0 aliphatic rings. The van der Waals surface area contributed by atoms with Gasteiger partial charge in [-0.2, -0.15) is 5.10 Å². The highest BCUT2D eigenvalue weighted by Crippen LogP contribution is 2.19. The Morgan fingerprint density at radius 3 is 3.05 bits per heavy atom. The molecule has 0 spiro atoms. The largest absolute Gasteiger partial charge is 0.395 e. The lowest BCUT2D eigenvalue weighted by Crippen LogP contribution is -2.16. The molecular weight excluding hydrogens is 286 g/mol. The molecule has 0 radical (unpaired) electrons. The minimum atomic E-state index is -0.194. The van der Waals surface area contributed by atoms with Crippen molar-refractivity contribution in [3.05, 3.63) is 34.2 Å². The third-order valence-electron chi connectivity index (χ3n) is 2.73. The van der Waals surface area contributed by atoms with E-state index in [0.717, 1.165) is 0 Å². The van der Waals surface area contributed by atoms with Crippen LogP contribution < -0.4 is 5.32 Å². The number of amides is 1. The Labute approximate surface area is 127 Å². The van der Waals surface area contributed by atoms with Crippen molar-refractivity contribution in [1.29, 1.82) is 0 Å². The van der Waals surface area contributed by atoms with E-state index < -0.39 is 0 Å². The Morgan fingerprint density at radius 2 is 2.33 bits per heavy atom. The van der Waals surface area contributed by atoms with Crippen LogP contribution in [0.5, 0.6) is 0 Å². The van der Waals surface area contributed by atoms with Gasteiger partial charge in [0.1, 0.15) is 10.7 Å². The van der Waals surface area contributed by atoms with Crippen molar-refractivity contribution >= 4 is 23.1 Å². The summed E-state index contributed by atoms with van der Waals surface area (Å²) in [6, 6.07) is 3.74. The number of aliphatic hydroxyl groups excluding tert-OH is 1. The Balaban J connectivity index is 2.16. The molecule has 0 saturated heterocycles. The van der Waals surface area contributed by atoms with Gasteiger partial charge in [-0.25, -0.2) is 4.68 Å². The summed E-state index contributed by atoms with van der Waals surface area (Å²) in [4.78, 5) is 12.9. The zero-order valence-electron chi connectivity index (χ0n) is 12.0. The fourth-order valence-corrected chi connectivity index (χ4v) is 2.54. The average Bonchev–Trinajstić information content (AvgIpc) is 3.07. The Kier molecular flexibility index (Phi) is 5.14. The highest BCUT2D eigenvalue weighted by atomic mass is 32.1. The van der Waals surface area contributed by atoms with Crippen LogP contribution in [0.1, 0.15) is 41.5 Å². The van der Waals surface area contributed by atoms with Gasteiger partial charge < -0.3 is 10.4 Å². The number of rotatable bonds is 4. The maximum Gasteiger partial charge on any atom is 0.268 e. The van der Waals surface area contributed by atoms with E-state index in [1.165, 1.54) is 11.3 Å². The van der Waals surface area contributed by atoms with Crippen LogP contribution in [0, 0.1) is 11.8 Å². The van der Waals surface area contributed by atoms with Crippen molar-refractivity contribution in [1.82, 2.24) is 9.78 Å². The van der Waals surface area contributed by atoms with Gasteiger partial charge >= 0.3 is 0 Å². The molecule has 6 heteroatoms. The zero-order valence-corrected chi connectivity index (χ0v) is 12.8. The number of thiophene rings is 1. The molecule has 2 rings (SSSR count). The van der Waals surface area contributed by atoms with Crippen molar-refractivity contribution in [2.75, 3.05) is 11.9 Å². The molecule has 0 aliphatic carbocycles. The summed E-state index contributed by atoms with van der Waals surface area (Å²) in [5.41, 5.74) is 0.682. The number of nitrogens with one attached hydrogen (secondary N) is 1. The van der Waals surface area contributed by atoms with E-state index in [1.54, 1.807) is 16.9 Å². The third-order valence-corrected chi connectivity index (χ3v) is 3.65. The first kappa shape index (κ1) is 15.3. The first-order valence-corrected chi connectivity index (χ1v) is 7.53. The fraction of sp³-hybridized carbons (Fsp3) is 0.333. The number of nitrogens with zero attached hydrogens (tertiary/aromatic N) is 2. The predicted octanol–water partition coefficient (Wildman–Crippen LogP) is 2.51. The first-order valence-electron chi connectivity index (χ1n) is 6.65. The maximum atomic E-state index is 12.3. The van der Waals surface area contributed by atoms with Gasteiger partial charge in [0.05, 0.1) is 12.8 Å². The number of carbonyl (C=O) groups excluding carboxylic acids is 1. The summed E-state index contributed by atoms with van der Waals surface area (Å²) in [7, 11) is 0. The van der Waals surface area contributed by atoms with E-state index in [1.807, 2.05) is 25.3 Å². The summed E-state index contributed by atoms with van der Waals surface area (Å²) in [5, 5.41) is 17.6. The highest BCUT2D eigenvalue weighted by Gasteiger charge is 2.15. The maximum absolute atomic E-state index is 12.3. The van der Waals surface area contributed by atoms with Gasteiger partial charge in [0.25, 0.3) is 5.91 Å². The number of carbonyl (C=O) groups is 1. The highest BCUT2D eigenvalue weighted by molar-refractivity contribution is 7.12. The Hall–Kier alpha value is -2.10. The van der Waals surface area contributed by atoms with E-state index in [2.05, 4.69) is 22.3 Å². The molecule has 0 unspecified atom stereocenters. The van der Waals surface area contributed by atoms with E-state index in [4.69, 9.17) is 5.11 Å². The molecule has 0 aliphatic heterocycles. The summed E-state index contributed by atoms with van der Waals surface area (Å²) >= 11 is 1.35. The summed E-state index contributed by atoms with van der Waals surface area (Å²) in [5.74, 6) is 6.21. The summed E-state index contributed by atoms with van der Waals surface area (Å²) < 4.78 is 1.75. The second-order valence-electron chi connectivity index (χ2n) is 4.65. The molecule has 0 atom stereocenters. The van der Waals surface area contributed by atoms with E-state index in [-0.39, 0.29) is 18.6 Å². The molecule has 110 valence electrons. The monoisotopic (exact) mass is 303 g/mol. The van der Waals surface area contributed by atoms with Crippen LogP contribution >= 0.6 is 11.3 Å². The smallest absolute Gasteiger partial charge is 0.268 e. The lowest BCUT2D eigenvalue weighted by Gasteiger charge is -2.11. The van der Waals surface area contributed by atoms with Crippen LogP contribution in [0.4, 0.5) is 5.82 Å². The van der Waals surface area contributed by atoms with Crippen LogP contribution in [0.25, 0.3) is 0 Å². The normalized spacial score (nSPS) is 10.3. The fourth-order valence-electron chi connectivity index (χ4n) is 1.80. The molecule has 0 saturated carbocycles. The first-order chi connectivity index (χ1) is 10.1. The Bertz CT molecular complexity index is 676. The van der Waals surface area contributed by atoms with Gasteiger partial charge in [-0.15, -0.1) is 11.3 Å². The summed E-state index contributed by atoms with van der Waals surface area (Å²) in [6.07, 6.45) is 2.06. The predicted molar refractivity (Wildman–Crippen MR) is 83.5 cm³/mol. The molecule has 0 aromatic carbocycles. The number of anilines is 1. The van der Waals surface area contributed by atoms with Crippen LogP contribution in [-0.2, 0) is 0 Å². The standard InChI is InChI=1S/C15H17N3O2S/c1-11(2)18-13(6-8-16-18)17-15(20)14-12(7-10-21-14)5-3-4-9-19/h6-8,10-11,19H,4,9H2,1-2H3,(H,17,20). The molecule has 21 heavy (non-hydrogen) atoms.